The highest BCUT2D eigenvalue weighted by Gasteiger charge is 2.08. The molecule has 106 valence electrons. The normalized spacial score (nSPS) is 11.8. The fourth-order valence-electron chi connectivity index (χ4n) is 1.34. The van der Waals surface area contributed by atoms with E-state index < -0.39 is 0 Å². The largest absolute Gasteiger partial charge is 0.492 e. The zero-order chi connectivity index (χ0) is 14.3. The number of aliphatic hydroxyl groups is 1. The summed E-state index contributed by atoms with van der Waals surface area (Å²) in [6.07, 6.45) is 0.901. The third-order valence-corrected chi connectivity index (χ3v) is 2.60. The molecule has 0 saturated carbocycles. The summed E-state index contributed by atoms with van der Waals surface area (Å²) in [5, 5.41) is 14.5. The smallest absolute Gasteiger partial charge is 0.319 e. The number of urea groups is 1. The van der Waals surface area contributed by atoms with Gasteiger partial charge in [-0.25, -0.2) is 4.79 Å². The molecule has 0 heterocycles. The monoisotopic (exact) mass is 286 g/mol. The fourth-order valence-corrected chi connectivity index (χ4v) is 1.58. The van der Waals surface area contributed by atoms with Gasteiger partial charge in [-0.1, -0.05) is 18.5 Å². The van der Waals surface area contributed by atoms with Crippen LogP contribution in [0, 0.1) is 0 Å². The number of aliphatic hydroxyl groups excluding tert-OH is 1. The average molecular weight is 287 g/mol. The quantitative estimate of drug-likeness (QED) is 0.753. The molecule has 0 spiro atoms. The van der Waals surface area contributed by atoms with Gasteiger partial charge in [-0.15, -0.1) is 0 Å². The van der Waals surface area contributed by atoms with E-state index in [0.29, 0.717) is 23.1 Å². The van der Waals surface area contributed by atoms with E-state index in [9.17, 15) is 4.79 Å². The summed E-state index contributed by atoms with van der Waals surface area (Å²) in [7, 11) is 0. The van der Waals surface area contributed by atoms with Crippen molar-refractivity contribution in [1.82, 2.24) is 5.32 Å². The Morgan fingerprint density at radius 2 is 2.26 bits per heavy atom. The molecule has 1 aromatic carbocycles. The number of hydrogen-bond acceptors (Lipinski definition) is 3. The number of rotatable bonds is 6. The molecule has 0 bridgehead atoms. The van der Waals surface area contributed by atoms with Crippen LogP contribution in [0.2, 0.25) is 5.02 Å². The number of halogens is 1. The predicted octanol–water partition coefficient (Wildman–Crippen LogP) is 2.63. The summed E-state index contributed by atoms with van der Waals surface area (Å²) < 4.78 is 5.43. The minimum atomic E-state index is -0.389. The number of benzene rings is 1. The van der Waals surface area contributed by atoms with E-state index in [1.807, 2.05) is 6.92 Å². The second-order valence-electron chi connectivity index (χ2n) is 4.18. The molecule has 0 saturated heterocycles. The van der Waals surface area contributed by atoms with Gasteiger partial charge in [0.2, 0.25) is 0 Å². The first-order chi connectivity index (χ1) is 9.06. The maximum absolute atomic E-state index is 11.5. The third-order valence-electron chi connectivity index (χ3n) is 2.30. The SMILES string of the molecule is CCCOc1ccc(NC(=O)NC(C)CO)cc1Cl. The van der Waals surface area contributed by atoms with Crippen molar-refractivity contribution in [3.8, 4) is 5.75 Å². The Morgan fingerprint density at radius 3 is 2.84 bits per heavy atom. The zero-order valence-corrected chi connectivity index (χ0v) is 11.8. The van der Waals surface area contributed by atoms with Gasteiger partial charge >= 0.3 is 6.03 Å². The van der Waals surface area contributed by atoms with Gasteiger partial charge in [0, 0.05) is 5.69 Å². The standard InChI is InChI=1S/C13H19ClN2O3/c1-3-6-19-12-5-4-10(7-11(12)14)16-13(18)15-9(2)8-17/h4-5,7,9,17H,3,6,8H2,1-2H3,(H2,15,16,18). The number of ether oxygens (including phenoxy) is 1. The van der Waals surface area contributed by atoms with Gasteiger partial charge in [-0.2, -0.15) is 0 Å². The number of hydrogen-bond donors (Lipinski definition) is 3. The molecule has 0 radical (unpaired) electrons. The molecule has 1 atom stereocenters. The van der Waals surface area contributed by atoms with Crippen molar-refractivity contribution in [3.63, 3.8) is 0 Å². The van der Waals surface area contributed by atoms with Gasteiger partial charge in [0.05, 0.1) is 24.3 Å². The molecule has 0 aromatic heterocycles. The molecule has 19 heavy (non-hydrogen) atoms. The number of carbonyl (C=O) groups is 1. The topological polar surface area (TPSA) is 70.6 Å². The molecule has 0 aliphatic carbocycles. The Hall–Kier alpha value is -1.46. The lowest BCUT2D eigenvalue weighted by molar-refractivity contribution is 0.229. The van der Waals surface area contributed by atoms with Gasteiger partial charge < -0.3 is 20.5 Å². The average Bonchev–Trinajstić information content (AvgIpc) is 2.37. The molecular formula is C13H19ClN2O3. The Kier molecular flexibility index (Phi) is 6.45. The Balaban J connectivity index is 2.60. The molecular weight excluding hydrogens is 268 g/mol. The van der Waals surface area contributed by atoms with Crippen LogP contribution in [0.4, 0.5) is 10.5 Å². The molecule has 0 aliphatic rings. The maximum Gasteiger partial charge on any atom is 0.319 e. The van der Waals surface area contributed by atoms with Gasteiger partial charge in [-0.3, -0.25) is 0 Å². The van der Waals surface area contributed by atoms with Crippen LogP contribution in [0.3, 0.4) is 0 Å². The zero-order valence-electron chi connectivity index (χ0n) is 11.1. The first-order valence-corrected chi connectivity index (χ1v) is 6.55. The van der Waals surface area contributed by atoms with Crippen molar-refractivity contribution < 1.29 is 14.6 Å². The molecule has 5 nitrogen and oxygen atoms in total. The second-order valence-corrected chi connectivity index (χ2v) is 4.58. The highest BCUT2D eigenvalue weighted by molar-refractivity contribution is 6.32. The summed E-state index contributed by atoms with van der Waals surface area (Å²) in [6, 6.07) is 4.35. The summed E-state index contributed by atoms with van der Waals surface area (Å²) in [5.41, 5.74) is 0.566. The lowest BCUT2D eigenvalue weighted by atomic mass is 10.3. The molecule has 0 aliphatic heterocycles. The van der Waals surface area contributed by atoms with E-state index in [2.05, 4.69) is 10.6 Å². The third kappa shape index (κ3) is 5.36. The van der Waals surface area contributed by atoms with Crippen LogP contribution in [0.15, 0.2) is 18.2 Å². The fraction of sp³-hybridized carbons (Fsp3) is 0.462. The van der Waals surface area contributed by atoms with E-state index in [0.717, 1.165) is 6.42 Å². The molecule has 3 N–H and O–H groups in total. The summed E-state index contributed by atoms with van der Waals surface area (Å²) in [5.74, 6) is 0.596. The molecule has 1 rings (SSSR count). The summed E-state index contributed by atoms with van der Waals surface area (Å²) in [6.45, 7) is 4.20. The van der Waals surface area contributed by atoms with Gasteiger partial charge in [-0.05, 0) is 31.5 Å². The molecule has 1 aromatic rings. The highest BCUT2D eigenvalue weighted by Crippen LogP contribution is 2.27. The predicted molar refractivity (Wildman–Crippen MR) is 75.9 cm³/mol. The van der Waals surface area contributed by atoms with Crippen LogP contribution in [-0.4, -0.2) is 30.4 Å². The van der Waals surface area contributed by atoms with Crippen LogP contribution in [0.5, 0.6) is 5.75 Å². The molecule has 1 unspecified atom stereocenters. The maximum atomic E-state index is 11.5. The van der Waals surface area contributed by atoms with E-state index in [1.165, 1.54) is 0 Å². The van der Waals surface area contributed by atoms with Gasteiger partial charge in [0.25, 0.3) is 0 Å². The van der Waals surface area contributed by atoms with Crippen LogP contribution >= 0.6 is 11.6 Å². The van der Waals surface area contributed by atoms with Gasteiger partial charge in [0.15, 0.2) is 0 Å². The molecule has 6 heteroatoms. The van der Waals surface area contributed by atoms with Crippen molar-refractivity contribution in [3.05, 3.63) is 23.2 Å². The Bertz CT molecular complexity index is 426. The number of amides is 2. The summed E-state index contributed by atoms with van der Waals surface area (Å²) in [4.78, 5) is 11.5. The van der Waals surface area contributed by atoms with Crippen LogP contribution < -0.4 is 15.4 Å². The van der Waals surface area contributed by atoms with Crippen molar-refractivity contribution in [2.75, 3.05) is 18.5 Å². The van der Waals surface area contributed by atoms with Crippen LogP contribution in [0.1, 0.15) is 20.3 Å². The van der Waals surface area contributed by atoms with Crippen LogP contribution in [-0.2, 0) is 0 Å². The number of nitrogens with one attached hydrogen (secondary N) is 2. The van der Waals surface area contributed by atoms with Gasteiger partial charge in [0.1, 0.15) is 5.75 Å². The minimum Gasteiger partial charge on any atom is -0.492 e. The molecule has 0 fully saturated rings. The Labute approximate surface area is 117 Å². The van der Waals surface area contributed by atoms with Crippen molar-refractivity contribution >= 4 is 23.3 Å². The van der Waals surface area contributed by atoms with Crippen molar-refractivity contribution in [1.29, 1.82) is 0 Å². The van der Waals surface area contributed by atoms with Crippen molar-refractivity contribution in [2.24, 2.45) is 0 Å². The number of anilines is 1. The minimum absolute atomic E-state index is 0.113. The van der Waals surface area contributed by atoms with Crippen LogP contribution in [0.25, 0.3) is 0 Å². The lowest BCUT2D eigenvalue weighted by Gasteiger charge is -2.13. The highest BCUT2D eigenvalue weighted by atomic mass is 35.5. The lowest BCUT2D eigenvalue weighted by Crippen LogP contribution is -2.38. The second kappa shape index (κ2) is 7.86. The van der Waals surface area contributed by atoms with E-state index in [4.69, 9.17) is 21.4 Å². The van der Waals surface area contributed by atoms with E-state index in [1.54, 1.807) is 25.1 Å². The summed E-state index contributed by atoms with van der Waals surface area (Å²) >= 11 is 6.04. The Morgan fingerprint density at radius 1 is 1.53 bits per heavy atom. The first-order valence-electron chi connectivity index (χ1n) is 6.17. The van der Waals surface area contributed by atoms with E-state index >= 15 is 0 Å². The van der Waals surface area contributed by atoms with E-state index in [-0.39, 0.29) is 18.7 Å². The first kappa shape index (κ1) is 15.6. The molecule has 2 amide bonds. The number of carbonyl (C=O) groups excluding carboxylic acids is 1. The van der Waals surface area contributed by atoms with Crippen molar-refractivity contribution in [2.45, 2.75) is 26.3 Å².